The second-order valence-corrected chi connectivity index (χ2v) is 6.75. The van der Waals surface area contributed by atoms with Crippen molar-refractivity contribution < 1.29 is 9.59 Å². The highest BCUT2D eigenvalue weighted by molar-refractivity contribution is 5.98. The number of nitrogens with one attached hydrogen (secondary N) is 1. The summed E-state index contributed by atoms with van der Waals surface area (Å²) in [5, 5.41) is 10.8. The third kappa shape index (κ3) is 3.14. The van der Waals surface area contributed by atoms with Crippen LogP contribution >= 0.6 is 0 Å². The highest BCUT2D eigenvalue weighted by atomic mass is 16.2. The Kier molecular flexibility index (Phi) is 3.99. The van der Waals surface area contributed by atoms with Crippen LogP contribution in [0.4, 0.5) is 5.69 Å². The summed E-state index contributed by atoms with van der Waals surface area (Å²) in [6, 6.07) is 7.20. The number of aryl methyl sites for hydroxylation is 1. The van der Waals surface area contributed by atoms with E-state index >= 15 is 0 Å². The standard InChI is InChI=1S/C18H21N5O2/c1-12-21-19-11-23(12)15-5-2-4-14(10-15)20-17(24)16-6-3-9-22(16)18(25)13-7-8-13/h2,4-5,10-11,13,16H,3,6-9H2,1H3,(H,20,24)/t16-/m0/s1. The smallest absolute Gasteiger partial charge is 0.247 e. The van der Waals surface area contributed by atoms with Crippen LogP contribution in [0.2, 0.25) is 0 Å². The number of likely N-dealkylation sites (tertiary alicyclic amines) is 1. The second kappa shape index (κ2) is 6.31. The molecular weight excluding hydrogens is 318 g/mol. The quantitative estimate of drug-likeness (QED) is 0.923. The maximum Gasteiger partial charge on any atom is 0.247 e. The van der Waals surface area contributed by atoms with Gasteiger partial charge in [-0.15, -0.1) is 10.2 Å². The average Bonchev–Trinajstić information content (AvgIpc) is 3.17. The number of carbonyl (C=O) groups excluding carboxylic acids is 2. The van der Waals surface area contributed by atoms with Crippen LogP contribution in [0.25, 0.3) is 5.69 Å². The number of anilines is 1. The van der Waals surface area contributed by atoms with Gasteiger partial charge in [0.15, 0.2) is 0 Å². The van der Waals surface area contributed by atoms with Gasteiger partial charge < -0.3 is 10.2 Å². The number of aromatic nitrogens is 3. The molecule has 0 unspecified atom stereocenters. The van der Waals surface area contributed by atoms with Crippen LogP contribution in [0.1, 0.15) is 31.5 Å². The molecule has 130 valence electrons. The molecule has 7 nitrogen and oxygen atoms in total. The van der Waals surface area contributed by atoms with Crippen LogP contribution < -0.4 is 5.32 Å². The van der Waals surface area contributed by atoms with E-state index in [-0.39, 0.29) is 23.8 Å². The molecule has 2 fully saturated rings. The summed E-state index contributed by atoms with van der Waals surface area (Å²) in [6.07, 6.45) is 5.18. The van der Waals surface area contributed by atoms with Gasteiger partial charge >= 0.3 is 0 Å². The van der Waals surface area contributed by atoms with E-state index in [1.807, 2.05) is 35.8 Å². The molecule has 0 bridgehead atoms. The average molecular weight is 339 g/mol. The molecule has 0 radical (unpaired) electrons. The number of nitrogens with zero attached hydrogens (tertiary/aromatic N) is 4. The van der Waals surface area contributed by atoms with Gasteiger partial charge in [-0.05, 0) is 50.8 Å². The van der Waals surface area contributed by atoms with E-state index in [0.717, 1.165) is 37.2 Å². The lowest BCUT2D eigenvalue weighted by Crippen LogP contribution is -2.43. The van der Waals surface area contributed by atoms with Crippen LogP contribution in [0.3, 0.4) is 0 Å². The maximum absolute atomic E-state index is 12.7. The summed E-state index contributed by atoms with van der Waals surface area (Å²) in [7, 11) is 0. The maximum atomic E-state index is 12.7. The van der Waals surface area contributed by atoms with Crippen molar-refractivity contribution in [3.8, 4) is 5.69 Å². The topological polar surface area (TPSA) is 80.1 Å². The largest absolute Gasteiger partial charge is 0.330 e. The molecule has 2 aromatic rings. The molecule has 1 aromatic carbocycles. The van der Waals surface area contributed by atoms with Crippen LogP contribution in [0.15, 0.2) is 30.6 Å². The minimum absolute atomic E-state index is 0.107. The van der Waals surface area contributed by atoms with Gasteiger partial charge in [-0.1, -0.05) is 6.07 Å². The van der Waals surface area contributed by atoms with E-state index in [1.54, 1.807) is 11.2 Å². The number of rotatable bonds is 4. The van der Waals surface area contributed by atoms with E-state index in [1.165, 1.54) is 0 Å². The van der Waals surface area contributed by atoms with Crippen molar-refractivity contribution in [3.63, 3.8) is 0 Å². The van der Waals surface area contributed by atoms with E-state index < -0.39 is 0 Å². The monoisotopic (exact) mass is 339 g/mol. The molecule has 1 aliphatic heterocycles. The van der Waals surface area contributed by atoms with Gasteiger partial charge in [0.2, 0.25) is 11.8 Å². The lowest BCUT2D eigenvalue weighted by atomic mass is 10.2. The first-order chi connectivity index (χ1) is 12.1. The Balaban J connectivity index is 1.49. The number of benzene rings is 1. The minimum atomic E-state index is -0.353. The Morgan fingerprint density at radius 3 is 2.80 bits per heavy atom. The van der Waals surface area contributed by atoms with Crippen molar-refractivity contribution in [1.29, 1.82) is 0 Å². The first kappa shape index (κ1) is 15.8. The Hall–Kier alpha value is -2.70. The lowest BCUT2D eigenvalue weighted by Gasteiger charge is -2.24. The summed E-state index contributed by atoms with van der Waals surface area (Å²) >= 11 is 0. The number of hydrogen-bond donors (Lipinski definition) is 1. The fourth-order valence-corrected chi connectivity index (χ4v) is 3.37. The highest BCUT2D eigenvalue weighted by Gasteiger charge is 2.40. The van der Waals surface area contributed by atoms with E-state index in [0.29, 0.717) is 12.2 Å². The summed E-state index contributed by atoms with van der Waals surface area (Å²) in [5.41, 5.74) is 1.60. The van der Waals surface area contributed by atoms with Gasteiger partial charge in [0.25, 0.3) is 0 Å². The molecule has 0 spiro atoms. The minimum Gasteiger partial charge on any atom is -0.330 e. The first-order valence-electron chi connectivity index (χ1n) is 8.72. The molecule has 2 aliphatic rings. The van der Waals surface area contributed by atoms with E-state index in [4.69, 9.17) is 0 Å². The molecular formula is C18H21N5O2. The molecule has 25 heavy (non-hydrogen) atoms. The van der Waals surface area contributed by atoms with Gasteiger partial charge in [-0.3, -0.25) is 14.2 Å². The molecule has 7 heteroatoms. The third-order valence-corrected chi connectivity index (χ3v) is 4.88. The van der Waals surface area contributed by atoms with Crippen molar-refractivity contribution in [1.82, 2.24) is 19.7 Å². The van der Waals surface area contributed by atoms with Gasteiger partial charge in [0.05, 0.1) is 5.69 Å². The SMILES string of the molecule is Cc1nncn1-c1cccc(NC(=O)[C@@H]2CCCN2C(=O)C2CC2)c1. The third-order valence-electron chi connectivity index (χ3n) is 4.88. The van der Waals surface area contributed by atoms with E-state index in [2.05, 4.69) is 15.5 Å². The van der Waals surface area contributed by atoms with Crippen molar-refractivity contribution in [3.05, 3.63) is 36.4 Å². The van der Waals surface area contributed by atoms with Gasteiger partial charge in [-0.2, -0.15) is 0 Å². The zero-order valence-corrected chi connectivity index (χ0v) is 14.2. The molecule has 4 rings (SSSR count). The van der Waals surface area contributed by atoms with E-state index in [9.17, 15) is 9.59 Å². The fraction of sp³-hybridized carbons (Fsp3) is 0.444. The Bertz CT molecular complexity index is 811. The Labute approximate surface area is 146 Å². The van der Waals surface area contributed by atoms with Crippen molar-refractivity contribution in [2.75, 3.05) is 11.9 Å². The molecule has 2 amide bonds. The highest BCUT2D eigenvalue weighted by Crippen LogP contribution is 2.34. The zero-order chi connectivity index (χ0) is 17.4. The summed E-state index contributed by atoms with van der Waals surface area (Å²) < 4.78 is 1.86. The predicted molar refractivity (Wildman–Crippen MR) is 92.2 cm³/mol. The van der Waals surface area contributed by atoms with Gasteiger partial charge in [0.1, 0.15) is 18.2 Å². The molecule has 1 saturated carbocycles. The van der Waals surface area contributed by atoms with Crippen molar-refractivity contribution >= 4 is 17.5 Å². The zero-order valence-electron chi connectivity index (χ0n) is 14.2. The summed E-state index contributed by atoms with van der Waals surface area (Å²) in [6.45, 7) is 2.56. The van der Waals surface area contributed by atoms with Crippen molar-refractivity contribution in [2.45, 2.75) is 38.6 Å². The lowest BCUT2D eigenvalue weighted by molar-refractivity contribution is -0.137. The van der Waals surface area contributed by atoms with Crippen LogP contribution in [0.5, 0.6) is 0 Å². The van der Waals surface area contributed by atoms with Crippen LogP contribution in [-0.2, 0) is 9.59 Å². The predicted octanol–water partition coefficient (Wildman–Crippen LogP) is 1.92. The van der Waals surface area contributed by atoms with Crippen LogP contribution in [-0.4, -0.2) is 44.1 Å². The molecule has 1 aliphatic carbocycles. The second-order valence-electron chi connectivity index (χ2n) is 6.75. The molecule has 2 heterocycles. The number of carbonyl (C=O) groups is 2. The number of amides is 2. The Morgan fingerprint density at radius 2 is 2.08 bits per heavy atom. The molecule has 1 aromatic heterocycles. The first-order valence-corrected chi connectivity index (χ1v) is 8.72. The van der Waals surface area contributed by atoms with Crippen molar-refractivity contribution in [2.24, 2.45) is 5.92 Å². The molecule has 1 saturated heterocycles. The molecule has 1 atom stereocenters. The number of hydrogen-bond acceptors (Lipinski definition) is 4. The summed E-state index contributed by atoms with van der Waals surface area (Å²) in [4.78, 5) is 26.8. The van der Waals surface area contributed by atoms with Gasteiger partial charge in [0, 0.05) is 18.2 Å². The fourth-order valence-electron chi connectivity index (χ4n) is 3.37. The normalized spacial score (nSPS) is 19.9. The Morgan fingerprint density at radius 1 is 1.24 bits per heavy atom. The van der Waals surface area contributed by atoms with Crippen LogP contribution in [0, 0.1) is 12.8 Å². The van der Waals surface area contributed by atoms with Gasteiger partial charge in [-0.25, -0.2) is 0 Å². The molecule has 1 N–H and O–H groups in total. The summed E-state index contributed by atoms with van der Waals surface area (Å²) in [5.74, 6) is 0.963.